The molecule has 0 saturated heterocycles. The highest BCUT2D eigenvalue weighted by Gasteiger charge is 2.39. The second-order valence-corrected chi connectivity index (χ2v) is 4.24. The van der Waals surface area contributed by atoms with Gasteiger partial charge >= 0.3 is 5.97 Å². The molecule has 1 atom stereocenters. The predicted octanol–water partition coefficient (Wildman–Crippen LogP) is 2.28. The number of methoxy groups -OCH3 is 2. The second kappa shape index (κ2) is 4.65. The lowest BCUT2D eigenvalue weighted by Gasteiger charge is -2.17. The Morgan fingerprint density at radius 2 is 2.06 bits per heavy atom. The standard InChI is InChI=1S/C13H16O4/c1-16-10-5-3-4-9(12(10)17-2)11(13(14)15)8-6-7-8/h3-5,8,11H,6-7H2,1-2H3,(H,14,15). The Kier molecular flexibility index (Phi) is 3.22. The van der Waals surface area contributed by atoms with E-state index >= 15 is 0 Å². The van der Waals surface area contributed by atoms with Crippen molar-refractivity contribution in [2.75, 3.05) is 14.2 Å². The molecular weight excluding hydrogens is 220 g/mol. The minimum absolute atomic E-state index is 0.230. The minimum atomic E-state index is -0.793. The summed E-state index contributed by atoms with van der Waals surface area (Å²) in [5.74, 6) is 0.0683. The number of aliphatic carboxylic acids is 1. The van der Waals surface area contributed by atoms with Crippen LogP contribution in [-0.2, 0) is 4.79 Å². The fourth-order valence-corrected chi connectivity index (χ4v) is 2.18. The van der Waals surface area contributed by atoms with E-state index in [1.165, 1.54) is 7.11 Å². The molecule has 1 saturated carbocycles. The first-order valence-corrected chi connectivity index (χ1v) is 5.62. The molecule has 17 heavy (non-hydrogen) atoms. The van der Waals surface area contributed by atoms with Gasteiger partial charge in [-0.25, -0.2) is 0 Å². The first-order chi connectivity index (χ1) is 8.19. The molecule has 0 heterocycles. The molecule has 4 heteroatoms. The average Bonchev–Trinajstić information content (AvgIpc) is 3.12. The highest BCUT2D eigenvalue weighted by molar-refractivity contribution is 5.78. The van der Waals surface area contributed by atoms with E-state index in [-0.39, 0.29) is 5.92 Å². The molecule has 1 aliphatic rings. The Hall–Kier alpha value is -1.71. The van der Waals surface area contributed by atoms with E-state index < -0.39 is 11.9 Å². The summed E-state index contributed by atoms with van der Waals surface area (Å²) in [4.78, 5) is 11.4. The van der Waals surface area contributed by atoms with Gasteiger partial charge in [0.15, 0.2) is 11.5 Å². The van der Waals surface area contributed by atoms with E-state index in [0.29, 0.717) is 17.1 Å². The first kappa shape index (κ1) is 11.8. The van der Waals surface area contributed by atoms with Crippen LogP contribution in [-0.4, -0.2) is 25.3 Å². The highest BCUT2D eigenvalue weighted by Crippen LogP contribution is 2.47. The third kappa shape index (κ3) is 2.20. The smallest absolute Gasteiger partial charge is 0.311 e. The zero-order chi connectivity index (χ0) is 12.4. The van der Waals surface area contributed by atoms with Gasteiger partial charge in [0.2, 0.25) is 0 Å². The Balaban J connectivity index is 2.45. The number of benzene rings is 1. The van der Waals surface area contributed by atoms with Crippen LogP contribution in [0.2, 0.25) is 0 Å². The van der Waals surface area contributed by atoms with Crippen molar-refractivity contribution in [1.82, 2.24) is 0 Å². The molecule has 0 aliphatic heterocycles. The Morgan fingerprint density at radius 3 is 2.53 bits per heavy atom. The van der Waals surface area contributed by atoms with Crippen molar-refractivity contribution in [2.45, 2.75) is 18.8 Å². The van der Waals surface area contributed by atoms with Crippen molar-refractivity contribution in [3.8, 4) is 11.5 Å². The van der Waals surface area contributed by atoms with Crippen LogP contribution in [0.25, 0.3) is 0 Å². The summed E-state index contributed by atoms with van der Waals surface area (Å²) in [7, 11) is 3.09. The van der Waals surface area contributed by atoms with Crippen LogP contribution in [0, 0.1) is 5.92 Å². The summed E-state index contributed by atoms with van der Waals surface area (Å²) in [6.07, 6.45) is 1.94. The molecule has 1 unspecified atom stereocenters. The predicted molar refractivity (Wildman–Crippen MR) is 62.6 cm³/mol. The topological polar surface area (TPSA) is 55.8 Å². The lowest BCUT2D eigenvalue weighted by molar-refractivity contribution is -0.139. The van der Waals surface area contributed by atoms with Crippen LogP contribution in [0.15, 0.2) is 18.2 Å². The Bertz CT molecular complexity index is 423. The van der Waals surface area contributed by atoms with Gasteiger partial charge in [-0.3, -0.25) is 4.79 Å². The number of ether oxygens (including phenoxy) is 2. The molecule has 0 radical (unpaired) electrons. The van der Waals surface area contributed by atoms with Crippen LogP contribution >= 0.6 is 0 Å². The third-order valence-corrected chi connectivity index (χ3v) is 3.13. The van der Waals surface area contributed by atoms with E-state index in [4.69, 9.17) is 9.47 Å². The van der Waals surface area contributed by atoms with E-state index in [9.17, 15) is 9.90 Å². The molecule has 2 rings (SSSR count). The van der Waals surface area contributed by atoms with Gasteiger partial charge < -0.3 is 14.6 Å². The number of carbonyl (C=O) groups is 1. The molecule has 1 N–H and O–H groups in total. The Labute approximate surface area is 100 Å². The van der Waals surface area contributed by atoms with Crippen LogP contribution in [0.5, 0.6) is 11.5 Å². The van der Waals surface area contributed by atoms with Crippen LogP contribution in [0.1, 0.15) is 24.3 Å². The van der Waals surface area contributed by atoms with Crippen molar-refractivity contribution in [3.63, 3.8) is 0 Å². The molecule has 0 amide bonds. The zero-order valence-electron chi connectivity index (χ0n) is 9.97. The van der Waals surface area contributed by atoms with E-state index in [1.807, 2.05) is 0 Å². The maximum atomic E-state index is 11.4. The molecule has 4 nitrogen and oxygen atoms in total. The first-order valence-electron chi connectivity index (χ1n) is 5.62. The van der Waals surface area contributed by atoms with Crippen molar-refractivity contribution >= 4 is 5.97 Å². The summed E-state index contributed by atoms with van der Waals surface area (Å²) in [5, 5.41) is 9.32. The number of hydrogen-bond acceptors (Lipinski definition) is 3. The Morgan fingerprint density at radius 1 is 1.35 bits per heavy atom. The average molecular weight is 236 g/mol. The van der Waals surface area contributed by atoms with E-state index in [2.05, 4.69) is 0 Å². The molecule has 92 valence electrons. The maximum absolute atomic E-state index is 11.4. The van der Waals surface area contributed by atoms with Gasteiger partial charge in [-0.1, -0.05) is 12.1 Å². The van der Waals surface area contributed by atoms with Gasteiger partial charge in [-0.2, -0.15) is 0 Å². The van der Waals surface area contributed by atoms with Gasteiger partial charge in [-0.05, 0) is 24.8 Å². The van der Waals surface area contributed by atoms with Gasteiger partial charge in [0.05, 0.1) is 20.1 Å². The SMILES string of the molecule is COc1cccc(C(C(=O)O)C2CC2)c1OC. The number of carboxylic acids is 1. The summed E-state index contributed by atoms with van der Waals surface area (Å²) in [6.45, 7) is 0. The van der Waals surface area contributed by atoms with Crippen molar-refractivity contribution in [2.24, 2.45) is 5.92 Å². The summed E-state index contributed by atoms with van der Waals surface area (Å²) in [6, 6.07) is 5.38. The van der Waals surface area contributed by atoms with Crippen LogP contribution < -0.4 is 9.47 Å². The summed E-state index contributed by atoms with van der Waals surface area (Å²) in [5.41, 5.74) is 0.710. The molecule has 1 aromatic carbocycles. The number of carboxylic acid groups (broad SMARTS) is 1. The summed E-state index contributed by atoms with van der Waals surface area (Å²) < 4.78 is 10.5. The molecule has 0 aromatic heterocycles. The van der Waals surface area contributed by atoms with Gasteiger partial charge in [-0.15, -0.1) is 0 Å². The molecule has 0 spiro atoms. The maximum Gasteiger partial charge on any atom is 0.311 e. The number of para-hydroxylation sites is 1. The van der Waals surface area contributed by atoms with Gasteiger partial charge in [0.1, 0.15) is 0 Å². The van der Waals surface area contributed by atoms with Crippen molar-refractivity contribution in [1.29, 1.82) is 0 Å². The molecule has 1 aliphatic carbocycles. The minimum Gasteiger partial charge on any atom is -0.493 e. The quantitative estimate of drug-likeness (QED) is 0.852. The van der Waals surface area contributed by atoms with Crippen LogP contribution in [0.3, 0.4) is 0 Å². The highest BCUT2D eigenvalue weighted by atomic mass is 16.5. The molecular formula is C13H16O4. The van der Waals surface area contributed by atoms with Gasteiger partial charge in [0, 0.05) is 5.56 Å². The van der Waals surface area contributed by atoms with Crippen molar-refractivity contribution in [3.05, 3.63) is 23.8 Å². The van der Waals surface area contributed by atoms with Crippen LogP contribution in [0.4, 0.5) is 0 Å². The monoisotopic (exact) mass is 236 g/mol. The third-order valence-electron chi connectivity index (χ3n) is 3.13. The fraction of sp³-hybridized carbons (Fsp3) is 0.462. The fourth-order valence-electron chi connectivity index (χ4n) is 2.18. The van der Waals surface area contributed by atoms with E-state index in [0.717, 1.165) is 12.8 Å². The molecule has 1 fully saturated rings. The van der Waals surface area contributed by atoms with Gasteiger partial charge in [0.25, 0.3) is 0 Å². The number of rotatable bonds is 5. The lowest BCUT2D eigenvalue weighted by Crippen LogP contribution is -2.15. The largest absolute Gasteiger partial charge is 0.493 e. The summed E-state index contributed by atoms with van der Waals surface area (Å²) >= 11 is 0. The second-order valence-electron chi connectivity index (χ2n) is 4.24. The number of hydrogen-bond donors (Lipinski definition) is 1. The molecule has 0 bridgehead atoms. The normalized spacial score (nSPS) is 16.4. The zero-order valence-corrected chi connectivity index (χ0v) is 9.97. The lowest BCUT2D eigenvalue weighted by atomic mass is 9.93. The van der Waals surface area contributed by atoms with E-state index in [1.54, 1.807) is 25.3 Å². The molecule has 1 aromatic rings. The van der Waals surface area contributed by atoms with Crippen molar-refractivity contribution < 1.29 is 19.4 Å².